The van der Waals surface area contributed by atoms with Gasteiger partial charge in [-0.25, -0.2) is 4.98 Å². The summed E-state index contributed by atoms with van der Waals surface area (Å²) < 4.78 is 5.72. The van der Waals surface area contributed by atoms with Gasteiger partial charge in [-0.2, -0.15) is 0 Å². The lowest BCUT2D eigenvalue weighted by Crippen LogP contribution is -2.32. The molecule has 0 bridgehead atoms. The predicted molar refractivity (Wildman–Crippen MR) is 124 cm³/mol. The van der Waals surface area contributed by atoms with Crippen LogP contribution in [-0.2, 0) is 6.54 Å². The van der Waals surface area contributed by atoms with E-state index >= 15 is 0 Å². The third kappa shape index (κ3) is 5.41. The fourth-order valence-corrected chi connectivity index (χ4v) is 3.77. The van der Waals surface area contributed by atoms with Gasteiger partial charge in [-0.05, 0) is 43.7 Å². The van der Waals surface area contributed by atoms with Crippen LogP contribution < -0.4 is 20.3 Å². The molecule has 1 aliphatic rings. The summed E-state index contributed by atoms with van der Waals surface area (Å²) in [5, 5.41) is 6.53. The maximum Gasteiger partial charge on any atom is 0.257 e. The van der Waals surface area contributed by atoms with Crippen LogP contribution in [0.5, 0.6) is 5.75 Å². The Kier molecular flexibility index (Phi) is 6.79. The van der Waals surface area contributed by atoms with Crippen molar-refractivity contribution in [3.05, 3.63) is 84.1 Å². The first-order valence-corrected chi connectivity index (χ1v) is 10.7. The van der Waals surface area contributed by atoms with Crippen molar-refractivity contribution in [3.8, 4) is 5.75 Å². The minimum absolute atomic E-state index is 0.154. The lowest BCUT2D eigenvalue weighted by Gasteiger charge is -2.19. The molecule has 1 aliphatic heterocycles. The summed E-state index contributed by atoms with van der Waals surface area (Å²) >= 11 is 0. The maximum absolute atomic E-state index is 12.4. The topological polar surface area (TPSA) is 66.5 Å². The lowest BCUT2D eigenvalue weighted by atomic mass is 10.2. The summed E-state index contributed by atoms with van der Waals surface area (Å²) in [7, 11) is 0. The van der Waals surface area contributed by atoms with Crippen molar-refractivity contribution < 1.29 is 9.53 Å². The van der Waals surface area contributed by atoms with E-state index in [-0.39, 0.29) is 5.91 Å². The van der Waals surface area contributed by atoms with Gasteiger partial charge >= 0.3 is 0 Å². The number of pyridine rings is 1. The Balaban J connectivity index is 1.30. The minimum Gasteiger partial charge on any atom is -0.494 e. The number of anilines is 2. The van der Waals surface area contributed by atoms with E-state index in [4.69, 9.17) is 4.74 Å². The summed E-state index contributed by atoms with van der Waals surface area (Å²) in [4.78, 5) is 19.2. The van der Waals surface area contributed by atoms with Crippen LogP contribution in [0, 0.1) is 0 Å². The molecule has 1 saturated heterocycles. The van der Waals surface area contributed by atoms with E-state index in [0.717, 1.165) is 43.3 Å². The van der Waals surface area contributed by atoms with Gasteiger partial charge in [0.2, 0.25) is 0 Å². The molecule has 0 spiro atoms. The van der Waals surface area contributed by atoms with E-state index in [1.54, 1.807) is 6.20 Å². The molecule has 1 fully saturated rings. The summed E-state index contributed by atoms with van der Waals surface area (Å²) in [6.07, 6.45) is 2.70. The third-order valence-corrected chi connectivity index (χ3v) is 5.41. The molecule has 0 unspecified atom stereocenters. The van der Waals surface area contributed by atoms with Gasteiger partial charge in [0.05, 0.1) is 12.2 Å². The molecule has 3 aromatic rings. The molecule has 1 atom stereocenters. The zero-order valence-electron chi connectivity index (χ0n) is 17.8. The second-order valence-corrected chi connectivity index (χ2v) is 7.58. The van der Waals surface area contributed by atoms with Crippen LogP contribution in [0.2, 0.25) is 0 Å². The molecule has 2 heterocycles. The van der Waals surface area contributed by atoms with E-state index in [0.29, 0.717) is 18.2 Å². The van der Waals surface area contributed by atoms with Crippen LogP contribution in [0.4, 0.5) is 11.5 Å². The number of carbonyl (C=O) groups excluding carboxylic acids is 1. The van der Waals surface area contributed by atoms with Gasteiger partial charge in [-0.15, -0.1) is 0 Å². The Morgan fingerprint density at radius 2 is 1.90 bits per heavy atom. The molecule has 2 N–H and O–H groups in total. The Hall–Kier alpha value is -3.38. The van der Waals surface area contributed by atoms with Gasteiger partial charge < -0.3 is 20.3 Å². The lowest BCUT2D eigenvalue weighted by molar-refractivity contribution is 0.102. The molecule has 1 aromatic heterocycles. The first-order chi connectivity index (χ1) is 15.2. The van der Waals surface area contributed by atoms with Crippen molar-refractivity contribution in [2.75, 3.05) is 29.9 Å². The van der Waals surface area contributed by atoms with Crippen molar-refractivity contribution in [1.29, 1.82) is 0 Å². The Bertz CT molecular complexity index is 992. The Labute approximate surface area is 183 Å². The fourth-order valence-electron chi connectivity index (χ4n) is 3.77. The number of carbonyl (C=O) groups is 1. The Morgan fingerprint density at radius 1 is 1.10 bits per heavy atom. The molecular formula is C25H28N4O2. The third-order valence-electron chi connectivity index (χ3n) is 5.41. The van der Waals surface area contributed by atoms with Crippen LogP contribution in [0.15, 0.2) is 72.9 Å². The molecule has 6 heteroatoms. The highest BCUT2D eigenvalue weighted by atomic mass is 16.5. The molecule has 0 saturated carbocycles. The monoisotopic (exact) mass is 416 g/mol. The number of aromatic nitrogens is 1. The number of hydrogen-bond acceptors (Lipinski definition) is 5. The van der Waals surface area contributed by atoms with Crippen molar-refractivity contribution in [2.24, 2.45) is 0 Å². The van der Waals surface area contributed by atoms with Gasteiger partial charge in [0, 0.05) is 43.1 Å². The van der Waals surface area contributed by atoms with Crippen molar-refractivity contribution >= 4 is 17.4 Å². The largest absolute Gasteiger partial charge is 0.494 e. The van der Waals surface area contributed by atoms with Gasteiger partial charge in [0.1, 0.15) is 11.6 Å². The first-order valence-electron chi connectivity index (χ1n) is 10.7. The number of hydrogen-bond donors (Lipinski definition) is 2. The van der Waals surface area contributed by atoms with Crippen LogP contribution in [0.3, 0.4) is 0 Å². The van der Waals surface area contributed by atoms with Crippen molar-refractivity contribution in [1.82, 2.24) is 10.3 Å². The van der Waals surface area contributed by atoms with Crippen LogP contribution in [-0.4, -0.2) is 36.6 Å². The van der Waals surface area contributed by atoms with Gasteiger partial charge in [0.25, 0.3) is 5.91 Å². The smallest absolute Gasteiger partial charge is 0.257 e. The van der Waals surface area contributed by atoms with E-state index in [1.165, 1.54) is 5.56 Å². The Morgan fingerprint density at radius 3 is 2.68 bits per heavy atom. The molecule has 1 amide bonds. The highest BCUT2D eigenvalue weighted by Crippen LogP contribution is 2.21. The second-order valence-electron chi connectivity index (χ2n) is 7.58. The SMILES string of the molecule is CCOc1ccccc1CN[C@@H]1CCN(c2ccc(C(=O)Nc3ccccc3)cn2)C1. The maximum atomic E-state index is 12.4. The van der Waals surface area contributed by atoms with E-state index in [2.05, 4.69) is 26.6 Å². The van der Waals surface area contributed by atoms with Crippen LogP contribution >= 0.6 is 0 Å². The molecule has 0 aliphatic carbocycles. The van der Waals surface area contributed by atoms with Crippen LogP contribution in [0.1, 0.15) is 29.3 Å². The number of nitrogens with one attached hydrogen (secondary N) is 2. The first kappa shape index (κ1) is 20.9. The van der Waals surface area contributed by atoms with Gasteiger partial charge in [-0.1, -0.05) is 36.4 Å². The number of benzene rings is 2. The van der Waals surface area contributed by atoms with Gasteiger partial charge in [-0.3, -0.25) is 4.79 Å². The number of amides is 1. The zero-order chi connectivity index (χ0) is 21.5. The van der Waals surface area contributed by atoms with E-state index in [9.17, 15) is 4.79 Å². The highest BCUT2D eigenvalue weighted by molar-refractivity contribution is 6.04. The number of para-hydroxylation sites is 2. The summed E-state index contributed by atoms with van der Waals surface area (Å²) in [6.45, 7) is 5.27. The van der Waals surface area contributed by atoms with Crippen LogP contribution in [0.25, 0.3) is 0 Å². The zero-order valence-corrected chi connectivity index (χ0v) is 17.8. The quantitative estimate of drug-likeness (QED) is 0.579. The average molecular weight is 417 g/mol. The fraction of sp³-hybridized carbons (Fsp3) is 0.280. The molecule has 2 aromatic carbocycles. The normalized spacial score (nSPS) is 15.6. The number of ether oxygens (including phenoxy) is 1. The van der Waals surface area contributed by atoms with E-state index in [1.807, 2.05) is 67.6 Å². The molecule has 6 nitrogen and oxygen atoms in total. The average Bonchev–Trinajstić information content (AvgIpc) is 3.29. The second kappa shape index (κ2) is 10.1. The van der Waals surface area contributed by atoms with Gasteiger partial charge in [0.15, 0.2) is 0 Å². The van der Waals surface area contributed by atoms with E-state index < -0.39 is 0 Å². The standard InChI is InChI=1S/C25H28N4O2/c1-2-31-23-11-7-6-8-19(23)16-26-22-14-15-29(18-22)24-13-12-20(17-27-24)25(30)28-21-9-4-3-5-10-21/h3-13,17,22,26H,2,14-16,18H2,1H3,(H,28,30)/t22-/m1/s1. The number of rotatable bonds is 8. The molecule has 0 radical (unpaired) electrons. The molecule has 160 valence electrons. The molecule has 31 heavy (non-hydrogen) atoms. The summed E-state index contributed by atoms with van der Waals surface area (Å²) in [5.41, 5.74) is 2.50. The highest BCUT2D eigenvalue weighted by Gasteiger charge is 2.23. The molecule has 4 rings (SSSR count). The summed E-state index contributed by atoms with van der Waals surface area (Å²) in [6, 6.07) is 21.7. The predicted octanol–water partition coefficient (Wildman–Crippen LogP) is 4.10. The number of nitrogens with zero attached hydrogens (tertiary/aromatic N) is 2. The summed E-state index contributed by atoms with van der Waals surface area (Å²) in [5.74, 6) is 1.69. The van der Waals surface area contributed by atoms with Crippen molar-refractivity contribution in [3.63, 3.8) is 0 Å². The van der Waals surface area contributed by atoms with Crippen molar-refractivity contribution in [2.45, 2.75) is 25.9 Å². The molecular weight excluding hydrogens is 388 g/mol. The minimum atomic E-state index is -0.154.